The van der Waals surface area contributed by atoms with Crippen LogP contribution in [-0.2, 0) is 12.5 Å². The lowest BCUT2D eigenvalue weighted by atomic mass is 10.2. The first kappa shape index (κ1) is 15.1. The van der Waals surface area contributed by atoms with Crippen LogP contribution in [0.4, 0.5) is 26.3 Å². The molecule has 0 saturated heterocycles. The molecule has 9 heteroatoms. The molecule has 0 N–H and O–H groups in total. The summed E-state index contributed by atoms with van der Waals surface area (Å²) in [4.78, 5) is 23.0. The van der Waals surface area contributed by atoms with Gasteiger partial charge in [-0.25, -0.2) is 4.57 Å². The number of para-hydroxylation sites is 1. The molecule has 1 heterocycles. The maximum absolute atomic E-state index is 12.9. The third kappa shape index (κ3) is 2.63. The van der Waals surface area contributed by atoms with Crippen molar-refractivity contribution in [2.45, 2.75) is 12.5 Å². The van der Waals surface area contributed by atoms with Crippen molar-refractivity contribution >= 4 is 10.9 Å². The summed E-state index contributed by atoms with van der Waals surface area (Å²) >= 11 is 0. The molecule has 0 atom stereocenters. The molecule has 0 aliphatic heterocycles. The highest BCUT2D eigenvalue weighted by atomic mass is 19.4. The fraction of sp³-hybridized carbons (Fsp3) is 0.167. The molecular weight excluding hydrogens is 304 g/mol. The molecule has 2 rings (SSSR count). The smallest absolute Gasteiger partial charge is 0.283 e. The number of alkyl halides is 6. The van der Waals surface area contributed by atoms with Gasteiger partial charge in [-0.1, -0.05) is 18.2 Å². The zero-order valence-corrected chi connectivity index (χ0v) is 9.92. The Morgan fingerprint density at radius 2 is 1.48 bits per heavy atom. The van der Waals surface area contributed by atoms with E-state index in [-0.39, 0.29) is 6.07 Å². The zero-order chi connectivity index (χ0) is 16.0. The van der Waals surface area contributed by atoms with E-state index in [2.05, 4.69) is 0 Å². The van der Waals surface area contributed by atoms with Crippen LogP contribution in [0, 0.1) is 0 Å². The molecule has 21 heavy (non-hydrogen) atoms. The maximum atomic E-state index is 12.9. The topological polar surface area (TPSA) is 39.1 Å². The Bertz CT molecular complexity index is 819. The van der Waals surface area contributed by atoms with Crippen LogP contribution in [-0.4, -0.2) is 4.57 Å². The van der Waals surface area contributed by atoms with Gasteiger partial charge in [-0.2, -0.15) is 13.2 Å². The number of halogens is 6. The van der Waals surface area contributed by atoms with Crippen LogP contribution >= 0.6 is 0 Å². The first-order chi connectivity index (χ1) is 9.53. The largest absolute Gasteiger partial charge is 0.491 e. The standard InChI is InChI=1S/C12H5F6NO2/c13-11(14,15)7-5-6-3-1-2-4-8(6)19(12(16,17)18)10(21)9(7)20/h1-5H. The van der Waals surface area contributed by atoms with Gasteiger partial charge >= 0.3 is 18.0 Å². The molecule has 112 valence electrons. The molecule has 0 bridgehead atoms. The van der Waals surface area contributed by atoms with Gasteiger partial charge in [0.25, 0.3) is 5.43 Å². The summed E-state index contributed by atoms with van der Waals surface area (Å²) < 4.78 is 76.0. The minimum atomic E-state index is -5.32. The summed E-state index contributed by atoms with van der Waals surface area (Å²) in [7, 11) is 0. The van der Waals surface area contributed by atoms with Gasteiger partial charge in [0.2, 0.25) is 0 Å². The van der Waals surface area contributed by atoms with Crippen molar-refractivity contribution in [2.24, 2.45) is 0 Å². The van der Waals surface area contributed by atoms with Crippen LogP contribution in [0.3, 0.4) is 0 Å². The number of aromatic nitrogens is 1. The van der Waals surface area contributed by atoms with Crippen molar-refractivity contribution in [1.29, 1.82) is 0 Å². The van der Waals surface area contributed by atoms with E-state index in [0.29, 0.717) is 0 Å². The predicted octanol–water partition coefficient (Wildman–Crippen LogP) is 2.86. The Hall–Kier alpha value is -2.32. The molecule has 0 radical (unpaired) electrons. The van der Waals surface area contributed by atoms with Crippen molar-refractivity contribution in [3.05, 3.63) is 56.5 Å². The highest BCUT2D eigenvalue weighted by Gasteiger charge is 2.38. The van der Waals surface area contributed by atoms with Crippen LogP contribution in [0.5, 0.6) is 0 Å². The third-order valence-corrected chi connectivity index (χ3v) is 2.68. The Morgan fingerprint density at radius 3 is 2.00 bits per heavy atom. The number of nitrogens with zero attached hydrogens (tertiary/aromatic N) is 1. The Kier molecular flexibility index (Phi) is 3.31. The van der Waals surface area contributed by atoms with Crippen LogP contribution in [0.2, 0.25) is 0 Å². The average molecular weight is 309 g/mol. The molecule has 0 saturated carbocycles. The number of fused-ring (bicyclic) bond motifs is 1. The first-order valence-electron chi connectivity index (χ1n) is 5.37. The second kappa shape index (κ2) is 4.61. The Labute approximate surface area is 112 Å². The van der Waals surface area contributed by atoms with Gasteiger partial charge in [-0.05, 0) is 17.5 Å². The fourth-order valence-corrected chi connectivity index (χ4v) is 1.82. The number of hydrogen-bond acceptors (Lipinski definition) is 2. The normalized spacial score (nSPS) is 12.7. The van der Waals surface area contributed by atoms with Gasteiger partial charge in [0.1, 0.15) is 5.56 Å². The molecule has 1 aromatic carbocycles. The number of benzene rings is 1. The molecular formula is C12H5F6NO2. The van der Waals surface area contributed by atoms with Gasteiger partial charge in [0.05, 0.1) is 5.52 Å². The van der Waals surface area contributed by atoms with Crippen molar-refractivity contribution < 1.29 is 26.3 Å². The predicted molar refractivity (Wildman–Crippen MR) is 60.8 cm³/mol. The SMILES string of the molecule is O=c1c(C(F)(F)F)cc2ccccc2n(C(F)(F)F)c1=O. The monoisotopic (exact) mass is 309 g/mol. The minimum absolute atomic E-state index is 0.237. The molecule has 3 nitrogen and oxygen atoms in total. The molecule has 0 aliphatic rings. The summed E-state index contributed by atoms with van der Waals surface area (Å²) in [6, 6.07) is 4.30. The van der Waals surface area contributed by atoms with E-state index in [4.69, 9.17) is 0 Å². The molecule has 0 aliphatic carbocycles. The average Bonchev–Trinajstić information content (AvgIpc) is 2.44. The van der Waals surface area contributed by atoms with E-state index in [1.54, 1.807) is 0 Å². The minimum Gasteiger partial charge on any atom is -0.283 e. The van der Waals surface area contributed by atoms with Gasteiger partial charge in [-0.3, -0.25) is 9.59 Å². The van der Waals surface area contributed by atoms with Crippen molar-refractivity contribution in [1.82, 2.24) is 4.57 Å². The lowest BCUT2D eigenvalue weighted by molar-refractivity contribution is -0.203. The lowest BCUT2D eigenvalue weighted by Crippen LogP contribution is -2.40. The molecule has 0 spiro atoms. The molecule has 2 aromatic rings. The number of rotatable bonds is 0. The Balaban J connectivity index is 3.17. The van der Waals surface area contributed by atoms with Gasteiger partial charge in [0.15, 0.2) is 0 Å². The summed E-state index contributed by atoms with van der Waals surface area (Å²) in [6.07, 6.45) is -10.6. The van der Waals surface area contributed by atoms with Gasteiger partial charge < -0.3 is 0 Å². The maximum Gasteiger partial charge on any atom is 0.491 e. The van der Waals surface area contributed by atoms with Gasteiger partial charge in [0, 0.05) is 0 Å². The summed E-state index contributed by atoms with van der Waals surface area (Å²) in [5.74, 6) is 0. The van der Waals surface area contributed by atoms with Crippen LogP contribution in [0.15, 0.2) is 39.9 Å². The second-order valence-corrected chi connectivity index (χ2v) is 4.05. The van der Waals surface area contributed by atoms with Crippen molar-refractivity contribution in [3.8, 4) is 0 Å². The lowest BCUT2D eigenvalue weighted by Gasteiger charge is -2.09. The number of hydrogen-bond donors (Lipinski definition) is 0. The van der Waals surface area contributed by atoms with Crippen molar-refractivity contribution in [3.63, 3.8) is 0 Å². The summed E-state index contributed by atoms with van der Waals surface area (Å²) in [6.45, 7) is 0. The van der Waals surface area contributed by atoms with E-state index in [0.717, 1.165) is 18.2 Å². The van der Waals surface area contributed by atoms with Crippen LogP contribution < -0.4 is 11.0 Å². The summed E-state index contributed by atoms with van der Waals surface area (Å²) in [5, 5.41) is -0.527. The van der Waals surface area contributed by atoms with E-state index in [1.165, 1.54) is 6.07 Å². The fourth-order valence-electron chi connectivity index (χ4n) is 1.82. The molecule has 0 fully saturated rings. The molecule has 0 unspecified atom stereocenters. The molecule has 1 aromatic heterocycles. The van der Waals surface area contributed by atoms with Crippen LogP contribution in [0.25, 0.3) is 10.9 Å². The van der Waals surface area contributed by atoms with E-state index >= 15 is 0 Å². The van der Waals surface area contributed by atoms with E-state index < -0.39 is 44.5 Å². The first-order valence-corrected chi connectivity index (χ1v) is 5.37. The second-order valence-electron chi connectivity index (χ2n) is 4.05. The highest BCUT2D eigenvalue weighted by molar-refractivity contribution is 5.79. The van der Waals surface area contributed by atoms with Gasteiger partial charge in [-0.15, -0.1) is 13.2 Å². The quantitative estimate of drug-likeness (QED) is 0.554. The van der Waals surface area contributed by atoms with Crippen molar-refractivity contribution in [2.75, 3.05) is 0 Å². The Morgan fingerprint density at radius 1 is 0.905 bits per heavy atom. The van der Waals surface area contributed by atoms with E-state index in [1.807, 2.05) is 0 Å². The van der Waals surface area contributed by atoms with E-state index in [9.17, 15) is 35.9 Å². The zero-order valence-electron chi connectivity index (χ0n) is 9.92. The third-order valence-electron chi connectivity index (χ3n) is 2.68. The summed E-state index contributed by atoms with van der Waals surface area (Å²) in [5.41, 5.74) is -7.32. The van der Waals surface area contributed by atoms with Crippen LogP contribution in [0.1, 0.15) is 5.56 Å². The molecule has 0 amide bonds. The highest BCUT2D eigenvalue weighted by Crippen LogP contribution is 2.29.